The molecule has 1 amide bonds. The summed E-state index contributed by atoms with van der Waals surface area (Å²) in [4.78, 5) is 27.3. The summed E-state index contributed by atoms with van der Waals surface area (Å²) in [6.07, 6.45) is -0.298. The molecule has 162 valence electrons. The molecule has 0 bridgehead atoms. The minimum Gasteiger partial charge on any atom is -0.496 e. The molecule has 1 atom stereocenters. The average molecular weight is 525 g/mol. The molecule has 30 heavy (non-hydrogen) atoms. The van der Waals surface area contributed by atoms with E-state index in [4.69, 9.17) is 14.2 Å². The van der Waals surface area contributed by atoms with Crippen LogP contribution in [0, 0.1) is 3.57 Å². The quantitative estimate of drug-likeness (QED) is 0.383. The van der Waals surface area contributed by atoms with Crippen molar-refractivity contribution in [3.63, 3.8) is 0 Å². The first-order valence-electron chi connectivity index (χ1n) is 9.59. The summed E-state index contributed by atoms with van der Waals surface area (Å²) in [6, 6.07) is 14.3. The van der Waals surface area contributed by atoms with Gasteiger partial charge in [0.2, 0.25) is 0 Å². The molecule has 0 aliphatic rings. The zero-order chi connectivity index (χ0) is 22.3. The molecule has 1 unspecified atom stereocenters. The summed E-state index contributed by atoms with van der Waals surface area (Å²) in [7, 11) is 2.92. The van der Waals surface area contributed by atoms with Gasteiger partial charge in [-0.15, -0.1) is 0 Å². The largest absolute Gasteiger partial charge is 0.496 e. The third-order valence-corrected chi connectivity index (χ3v) is 5.57. The summed E-state index contributed by atoms with van der Waals surface area (Å²) in [5, 5.41) is 0. The lowest BCUT2D eigenvalue weighted by atomic mass is 10.0. The van der Waals surface area contributed by atoms with Gasteiger partial charge < -0.3 is 14.2 Å². The van der Waals surface area contributed by atoms with Gasteiger partial charge in [0, 0.05) is 13.0 Å². The van der Waals surface area contributed by atoms with Crippen LogP contribution in [-0.2, 0) is 27.2 Å². The Bertz CT molecular complexity index is 864. The maximum atomic E-state index is 13.1. The molecule has 2 aromatic rings. The van der Waals surface area contributed by atoms with Crippen molar-refractivity contribution >= 4 is 34.7 Å². The van der Waals surface area contributed by atoms with Crippen molar-refractivity contribution < 1.29 is 23.8 Å². The Morgan fingerprint density at radius 3 is 2.27 bits per heavy atom. The number of hydrogen-bond acceptors (Lipinski definition) is 5. The molecule has 0 aliphatic carbocycles. The van der Waals surface area contributed by atoms with Crippen molar-refractivity contribution in [2.24, 2.45) is 0 Å². The van der Waals surface area contributed by atoms with E-state index in [0.29, 0.717) is 5.75 Å². The molecule has 0 aromatic heterocycles. The highest BCUT2D eigenvalue weighted by molar-refractivity contribution is 14.1. The van der Waals surface area contributed by atoms with Gasteiger partial charge in [-0.2, -0.15) is 0 Å². The second-order valence-electron chi connectivity index (χ2n) is 7.77. The van der Waals surface area contributed by atoms with Crippen molar-refractivity contribution in [2.45, 2.75) is 45.4 Å². The van der Waals surface area contributed by atoms with E-state index >= 15 is 0 Å². The summed E-state index contributed by atoms with van der Waals surface area (Å²) in [6.45, 7) is 5.60. The lowest BCUT2D eigenvalue weighted by molar-refractivity contribution is -0.147. The molecule has 0 fully saturated rings. The number of carbonyl (C=O) groups excluding carboxylic acids is 2. The van der Waals surface area contributed by atoms with Crippen LogP contribution in [0.2, 0.25) is 0 Å². The van der Waals surface area contributed by atoms with Gasteiger partial charge >= 0.3 is 12.1 Å². The second-order valence-corrected chi connectivity index (χ2v) is 8.85. The summed E-state index contributed by atoms with van der Waals surface area (Å²) in [5.41, 5.74) is 1.07. The maximum absolute atomic E-state index is 13.1. The van der Waals surface area contributed by atoms with Crippen molar-refractivity contribution in [1.82, 2.24) is 4.90 Å². The normalized spacial score (nSPS) is 12.1. The number of rotatable bonds is 7. The third kappa shape index (κ3) is 6.62. The molecule has 6 nitrogen and oxygen atoms in total. The zero-order valence-electron chi connectivity index (χ0n) is 18.0. The monoisotopic (exact) mass is 525 g/mol. The Kier molecular flexibility index (Phi) is 8.52. The fourth-order valence-corrected chi connectivity index (χ4v) is 3.74. The summed E-state index contributed by atoms with van der Waals surface area (Å²) < 4.78 is 17.0. The van der Waals surface area contributed by atoms with E-state index in [0.717, 1.165) is 14.7 Å². The molecule has 7 heteroatoms. The van der Waals surface area contributed by atoms with Crippen LogP contribution < -0.4 is 4.74 Å². The van der Waals surface area contributed by atoms with E-state index in [-0.39, 0.29) is 13.0 Å². The topological polar surface area (TPSA) is 65.1 Å². The first-order valence-corrected chi connectivity index (χ1v) is 10.7. The van der Waals surface area contributed by atoms with Crippen LogP contribution in [0.25, 0.3) is 0 Å². The fourth-order valence-electron chi connectivity index (χ4n) is 2.94. The van der Waals surface area contributed by atoms with E-state index in [2.05, 4.69) is 22.6 Å². The SMILES string of the molecule is COC(=O)C(Cc1cccc(OC)c1I)N(Cc1ccccc1)C(=O)OC(C)(C)C. The van der Waals surface area contributed by atoms with Crippen LogP contribution in [-0.4, -0.2) is 42.8 Å². The van der Waals surface area contributed by atoms with E-state index in [1.807, 2.05) is 48.5 Å². The van der Waals surface area contributed by atoms with Crippen molar-refractivity contribution in [3.8, 4) is 5.75 Å². The van der Waals surface area contributed by atoms with Crippen molar-refractivity contribution in [3.05, 3.63) is 63.2 Å². The van der Waals surface area contributed by atoms with Crippen LogP contribution in [0.4, 0.5) is 4.79 Å². The first kappa shape index (κ1) is 24.0. The lowest BCUT2D eigenvalue weighted by Crippen LogP contribution is -2.48. The Hall–Kier alpha value is -2.29. The molecule has 2 rings (SSSR count). The molecule has 0 saturated heterocycles. The van der Waals surface area contributed by atoms with Gasteiger partial charge in [0.05, 0.1) is 17.8 Å². The number of amides is 1. The standard InChI is InChI=1S/C23H28INO5/c1-23(2,3)30-22(27)25(15-16-10-7-6-8-11-16)18(21(26)29-5)14-17-12-9-13-19(28-4)20(17)24/h6-13,18H,14-15H2,1-5H3. The molecule has 0 saturated carbocycles. The predicted molar refractivity (Wildman–Crippen MR) is 123 cm³/mol. The van der Waals surface area contributed by atoms with Gasteiger partial charge in [-0.3, -0.25) is 4.90 Å². The van der Waals surface area contributed by atoms with Crippen LogP contribution in [0.15, 0.2) is 48.5 Å². The fraction of sp³-hybridized carbons (Fsp3) is 0.391. The number of hydrogen-bond donors (Lipinski definition) is 0. The molecule has 2 aromatic carbocycles. The molecule has 0 aliphatic heterocycles. The predicted octanol–water partition coefficient (Wildman–Crippen LogP) is 4.82. The van der Waals surface area contributed by atoms with Gasteiger partial charge in [-0.05, 0) is 60.6 Å². The average Bonchev–Trinajstić information content (AvgIpc) is 2.70. The van der Waals surface area contributed by atoms with E-state index < -0.39 is 23.7 Å². The van der Waals surface area contributed by atoms with E-state index in [1.165, 1.54) is 12.0 Å². The minimum atomic E-state index is -0.856. The lowest BCUT2D eigenvalue weighted by Gasteiger charge is -2.32. The number of nitrogens with zero attached hydrogens (tertiary/aromatic N) is 1. The van der Waals surface area contributed by atoms with Crippen LogP contribution >= 0.6 is 22.6 Å². The van der Waals surface area contributed by atoms with Crippen LogP contribution in [0.5, 0.6) is 5.75 Å². The first-order chi connectivity index (χ1) is 14.2. The highest BCUT2D eigenvalue weighted by atomic mass is 127. The van der Waals surface area contributed by atoms with Gasteiger partial charge in [0.25, 0.3) is 0 Å². The maximum Gasteiger partial charge on any atom is 0.411 e. The Morgan fingerprint density at radius 2 is 1.70 bits per heavy atom. The van der Waals surface area contributed by atoms with E-state index in [1.54, 1.807) is 27.9 Å². The Labute approximate surface area is 191 Å². The highest BCUT2D eigenvalue weighted by Crippen LogP contribution is 2.27. The van der Waals surface area contributed by atoms with Gasteiger partial charge in [0.15, 0.2) is 0 Å². The molecule has 0 heterocycles. The molecular formula is C23H28INO5. The van der Waals surface area contributed by atoms with Crippen molar-refractivity contribution in [1.29, 1.82) is 0 Å². The molecular weight excluding hydrogens is 497 g/mol. The second kappa shape index (κ2) is 10.7. The number of carbonyl (C=O) groups is 2. The molecule has 0 spiro atoms. The smallest absolute Gasteiger partial charge is 0.411 e. The third-order valence-electron chi connectivity index (χ3n) is 4.35. The van der Waals surface area contributed by atoms with Gasteiger partial charge in [-0.25, -0.2) is 9.59 Å². The summed E-state index contributed by atoms with van der Waals surface area (Å²) in [5.74, 6) is 0.207. The summed E-state index contributed by atoms with van der Waals surface area (Å²) >= 11 is 2.18. The van der Waals surface area contributed by atoms with Crippen LogP contribution in [0.3, 0.4) is 0 Å². The van der Waals surface area contributed by atoms with Gasteiger partial charge in [0.1, 0.15) is 17.4 Å². The number of methoxy groups -OCH3 is 2. The number of ether oxygens (including phenoxy) is 3. The number of esters is 1. The van der Waals surface area contributed by atoms with Gasteiger partial charge in [-0.1, -0.05) is 42.5 Å². The highest BCUT2D eigenvalue weighted by Gasteiger charge is 2.34. The Morgan fingerprint density at radius 1 is 1.03 bits per heavy atom. The zero-order valence-corrected chi connectivity index (χ0v) is 20.1. The minimum absolute atomic E-state index is 0.218. The number of halogens is 1. The molecule has 0 radical (unpaired) electrons. The number of benzene rings is 2. The van der Waals surface area contributed by atoms with Crippen LogP contribution in [0.1, 0.15) is 31.9 Å². The Balaban J connectivity index is 2.44. The molecule has 0 N–H and O–H groups in total. The van der Waals surface area contributed by atoms with Crippen molar-refractivity contribution in [2.75, 3.05) is 14.2 Å². The van der Waals surface area contributed by atoms with E-state index in [9.17, 15) is 9.59 Å².